The molecule has 1 fully saturated rings. The Balaban J connectivity index is 2.00. The van der Waals surface area contributed by atoms with Gasteiger partial charge in [0.25, 0.3) is 0 Å². The van der Waals surface area contributed by atoms with Crippen molar-refractivity contribution in [1.29, 1.82) is 5.26 Å². The quantitative estimate of drug-likeness (QED) is 0.914. The Labute approximate surface area is 123 Å². The number of carbonyl (C=O) groups excluding carboxylic acids is 1. The maximum Gasteiger partial charge on any atom is 0.371 e. The molecule has 0 spiro atoms. The van der Waals surface area contributed by atoms with Gasteiger partial charge in [-0.15, -0.1) is 0 Å². The van der Waals surface area contributed by atoms with E-state index >= 15 is 0 Å². The van der Waals surface area contributed by atoms with Crippen LogP contribution in [0.25, 0.3) is 0 Å². The van der Waals surface area contributed by atoms with Gasteiger partial charge in [0.1, 0.15) is 11.7 Å². The third kappa shape index (κ3) is 3.63. The number of carbonyl (C=O) groups is 2. The third-order valence-electron chi connectivity index (χ3n) is 3.83. The van der Waals surface area contributed by atoms with Crippen molar-refractivity contribution in [3.8, 4) is 6.07 Å². The molecule has 1 aliphatic heterocycles. The van der Waals surface area contributed by atoms with E-state index in [2.05, 4.69) is 6.92 Å². The van der Waals surface area contributed by atoms with Crippen LogP contribution >= 0.6 is 0 Å². The molecule has 0 aromatic carbocycles. The minimum absolute atomic E-state index is 0.106. The normalized spacial score (nSPS) is 17.2. The van der Waals surface area contributed by atoms with Crippen molar-refractivity contribution in [2.75, 3.05) is 13.1 Å². The zero-order chi connectivity index (χ0) is 15.4. The summed E-state index contributed by atoms with van der Waals surface area (Å²) in [4.78, 5) is 24.8. The molecule has 112 valence electrons. The van der Waals surface area contributed by atoms with Crippen LogP contribution in [-0.4, -0.2) is 35.0 Å². The zero-order valence-corrected chi connectivity index (χ0v) is 11.9. The fraction of sp³-hybridized carbons (Fsp3) is 0.533. The van der Waals surface area contributed by atoms with Crippen LogP contribution in [0.1, 0.15) is 36.1 Å². The number of carboxylic acid groups (broad SMARTS) is 1. The molecule has 1 N–H and O–H groups in total. The van der Waals surface area contributed by atoms with Crippen molar-refractivity contribution in [3.05, 3.63) is 23.7 Å². The van der Waals surface area contributed by atoms with Crippen LogP contribution in [0.4, 0.5) is 0 Å². The molecule has 1 saturated heterocycles. The minimum atomic E-state index is -1.16. The number of hydrogen-bond donors (Lipinski definition) is 1. The number of hydrogen-bond acceptors (Lipinski definition) is 4. The number of nitrogens with zero attached hydrogens (tertiary/aromatic N) is 2. The Morgan fingerprint density at radius 3 is 2.67 bits per heavy atom. The first kappa shape index (κ1) is 15.1. The Hall–Kier alpha value is -2.29. The summed E-state index contributed by atoms with van der Waals surface area (Å²) in [6.45, 7) is 3.51. The second-order valence-corrected chi connectivity index (χ2v) is 5.46. The molecule has 1 aliphatic rings. The summed E-state index contributed by atoms with van der Waals surface area (Å²) in [5.74, 6) is -1.41. The lowest BCUT2D eigenvalue weighted by molar-refractivity contribution is -0.135. The fourth-order valence-electron chi connectivity index (χ4n) is 2.44. The second kappa shape index (κ2) is 6.44. The Morgan fingerprint density at radius 2 is 2.14 bits per heavy atom. The zero-order valence-electron chi connectivity index (χ0n) is 11.9. The molecule has 0 saturated carbocycles. The van der Waals surface area contributed by atoms with Gasteiger partial charge in [-0.2, -0.15) is 5.26 Å². The lowest BCUT2D eigenvalue weighted by atomic mass is 9.97. The van der Waals surface area contributed by atoms with Crippen LogP contribution in [0, 0.1) is 23.2 Å². The molecule has 1 aromatic heterocycles. The largest absolute Gasteiger partial charge is 0.475 e. The predicted molar refractivity (Wildman–Crippen MR) is 73.5 cm³/mol. The van der Waals surface area contributed by atoms with Crippen LogP contribution in [0.5, 0.6) is 0 Å². The Kier molecular flexibility index (Phi) is 4.63. The van der Waals surface area contributed by atoms with Gasteiger partial charge in [0.15, 0.2) is 0 Å². The highest BCUT2D eigenvalue weighted by atomic mass is 16.4. The van der Waals surface area contributed by atoms with Gasteiger partial charge in [-0.1, -0.05) is 6.92 Å². The van der Waals surface area contributed by atoms with Gasteiger partial charge in [0.05, 0.1) is 6.07 Å². The number of carboxylic acids is 1. The highest BCUT2D eigenvalue weighted by molar-refractivity contribution is 5.84. The van der Waals surface area contributed by atoms with E-state index in [1.54, 1.807) is 4.90 Å². The van der Waals surface area contributed by atoms with E-state index in [9.17, 15) is 14.9 Å². The number of aromatic carboxylic acids is 1. The summed E-state index contributed by atoms with van der Waals surface area (Å²) in [5, 5.41) is 18.0. The van der Waals surface area contributed by atoms with E-state index in [0.717, 1.165) is 12.8 Å². The lowest BCUT2D eigenvalue weighted by Gasteiger charge is -2.31. The summed E-state index contributed by atoms with van der Waals surface area (Å²) in [6.07, 6.45) is 2.01. The monoisotopic (exact) mass is 290 g/mol. The number of furan rings is 1. The molecule has 2 heterocycles. The van der Waals surface area contributed by atoms with Gasteiger partial charge in [-0.3, -0.25) is 4.79 Å². The molecule has 6 heteroatoms. The molecular weight excluding hydrogens is 272 g/mol. The molecular formula is C15H18N2O4. The molecule has 1 unspecified atom stereocenters. The van der Waals surface area contributed by atoms with Crippen molar-refractivity contribution in [3.63, 3.8) is 0 Å². The van der Waals surface area contributed by atoms with E-state index in [4.69, 9.17) is 9.52 Å². The number of amides is 1. The summed E-state index contributed by atoms with van der Waals surface area (Å²) in [7, 11) is 0. The van der Waals surface area contributed by atoms with Gasteiger partial charge in [0, 0.05) is 19.5 Å². The molecule has 0 bridgehead atoms. The summed E-state index contributed by atoms with van der Waals surface area (Å²) >= 11 is 0. The smallest absolute Gasteiger partial charge is 0.371 e. The third-order valence-corrected chi connectivity index (χ3v) is 3.83. The first-order valence-electron chi connectivity index (χ1n) is 7.01. The number of nitriles is 1. The maximum atomic E-state index is 12.3. The molecule has 1 aromatic rings. The highest BCUT2D eigenvalue weighted by Crippen LogP contribution is 2.20. The van der Waals surface area contributed by atoms with Crippen LogP contribution in [0.3, 0.4) is 0 Å². The maximum absolute atomic E-state index is 12.3. The Bertz CT molecular complexity index is 564. The van der Waals surface area contributed by atoms with Crippen molar-refractivity contribution < 1.29 is 19.1 Å². The van der Waals surface area contributed by atoms with Crippen molar-refractivity contribution in [2.45, 2.75) is 26.2 Å². The van der Waals surface area contributed by atoms with Gasteiger partial charge in [0.2, 0.25) is 11.7 Å². The molecule has 0 aliphatic carbocycles. The van der Waals surface area contributed by atoms with Gasteiger partial charge in [-0.05, 0) is 30.9 Å². The topological polar surface area (TPSA) is 94.5 Å². The summed E-state index contributed by atoms with van der Waals surface area (Å²) < 4.78 is 5.11. The minimum Gasteiger partial charge on any atom is -0.475 e. The van der Waals surface area contributed by atoms with E-state index in [-0.39, 0.29) is 18.1 Å². The number of likely N-dealkylation sites (tertiary alicyclic amines) is 1. The fourth-order valence-corrected chi connectivity index (χ4v) is 2.44. The summed E-state index contributed by atoms with van der Waals surface area (Å²) in [6, 6.07) is 4.83. The molecule has 6 nitrogen and oxygen atoms in total. The second-order valence-electron chi connectivity index (χ2n) is 5.46. The van der Waals surface area contributed by atoms with Crippen molar-refractivity contribution in [1.82, 2.24) is 4.90 Å². The standard InChI is InChI=1S/C15H18N2O4/c1-10-4-6-17(7-5-10)14(18)11(9-16)8-12-2-3-13(21-12)15(19)20/h2-3,10-11H,4-8H2,1H3,(H,19,20). The summed E-state index contributed by atoms with van der Waals surface area (Å²) in [5.41, 5.74) is 0. The van der Waals surface area contributed by atoms with Crippen molar-refractivity contribution >= 4 is 11.9 Å². The SMILES string of the molecule is CC1CCN(C(=O)C(C#N)Cc2ccc(C(=O)O)o2)CC1. The molecule has 1 amide bonds. The van der Waals surface area contributed by atoms with E-state index < -0.39 is 11.9 Å². The molecule has 21 heavy (non-hydrogen) atoms. The first-order chi connectivity index (χ1) is 10.0. The Morgan fingerprint density at radius 1 is 1.48 bits per heavy atom. The van der Waals surface area contributed by atoms with Gasteiger partial charge >= 0.3 is 5.97 Å². The van der Waals surface area contributed by atoms with E-state index in [1.165, 1.54) is 12.1 Å². The van der Waals surface area contributed by atoms with Crippen LogP contribution < -0.4 is 0 Å². The first-order valence-corrected chi connectivity index (χ1v) is 7.01. The number of rotatable bonds is 4. The molecule has 1 atom stereocenters. The van der Waals surface area contributed by atoms with Gasteiger partial charge in [-0.25, -0.2) is 4.79 Å². The lowest BCUT2D eigenvalue weighted by Crippen LogP contribution is -2.41. The van der Waals surface area contributed by atoms with Gasteiger partial charge < -0.3 is 14.4 Å². The van der Waals surface area contributed by atoms with Crippen LogP contribution in [-0.2, 0) is 11.2 Å². The van der Waals surface area contributed by atoms with Crippen molar-refractivity contribution in [2.24, 2.45) is 11.8 Å². The highest BCUT2D eigenvalue weighted by Gasteiger charge is 2.28. The molecule has 2 rings (SSSR count). The van der Waals surface area contributed by atoms with E-state index in [0.29, 0.717) is 24.8 Å². The molecule has 0 radical (unpaired) electrons. The predicted octanol–water partition coefficient (Wildman–Crippen LogP) is 1.92. The van der Waals surface area contributed by atoms with Crippen LogP contribution in [0.2, 0.25) is 0 Å². The van der Waals surface area contributed by atoms with Crippen LogP contribution in [0.15, 0.2) is 16.5 Å². The average molecular weight is 290 g/mol. The average Bonchev–Trinajstić information content (AvgIpc) is 2.93. The van der Waals surface area contributed by atoms with E-state index in [1.807, 2.05) is 6.07 Å². The number of piperidine rings is 1.